The van der Waals surface area contributed by atoms with Crippen LogP contribution in [0.15, 0.2) is 28.7 Å². The SMILES string of the molecule is Cc1nnc(C(=O)N2CCc3ccccc32)o1. The van der Waals surface area contributed by atoms with Gasteiger partial charge < -0.3 is 9.32 Å². The molecule has 0 unspecified atom stereocenters. The van der Waals surface area contributed by atoms with Gasteiger partial charge in [-0.3, -0.25) is 4.79 Å². The molecule has 0 saturated carbocycles. The van der Waals surface area contributed by atoms with Crippen LogP contribution >= 0.6 is 0 Å². The van der Waals surface area contributed by atoms with Gasteiger partial charge in [-0.2, -0.15) is 0 Å². The van der Waals surface area contributed by atoms with Crippen molar-refractivity contribution in [2.45, 2.75) is 13.3 Å². The zero-order valence-corrected chi connectivity index (χ0v) is 9.38. The zero-order chi connectivity index (χ0) is 11.8. The monoisotopic (exact) mass is 229 g/mol. The highest BCUT2D eigenvalue weighted by molar-refractivity contribution is 6.04. The Morgan fingerprint density at radius 3 is 2.94 bits per heavy atom. The third kappa shape index (κ3) is 1.60. The molecule has 5 heteroatoms. The summed E-state index contributed by atoms with van der Waals surface area (Å²) in [6.45, 7) is 2.33. The van der Waals surface area contributed by atoms with Crippen LogP contribution in [0.3, 0.4) is 0 Å². The van der Waals surface area contributed by atoms with Crippen LogP contribution in [0.1, 0.15) is 22.1 Å². The molecule has 0 radical (unpaired) electrons. The number of aryl methyl sites for hydroxylation is 1. The standard InChI is InChI=1S/C12H11N3O2/c1-8-13-14-11(17-8)12(16)15-7-6-9-4-2-3-5-10(9)15/h2-5H,6-7H2,1H3. The lowest BCUT2D eigenvalue weighted by molar-refractivity contribution is 0.0955. The second kappa shape index (κ2) is 3.69. The molecule has 2 aromatic rings. The summed E-state index contributed by atoms with van der Waals surface area (Å²) < 4.78 is 5.16. The van der Waals surface area contributed by atoms with E-state index in [1.807, 2.05) is 24.3 Å². The van der Waals surface area contributed by atoms with Crippen molar-refractivity contribution in [2.75, 3.05) is 11.4 Å². The van der Waals surface area contributed by atoms with Gasteiger partial charge in [-0.1, -0.05) is 18.2 Å². The van der Waals surface area contributed by atoms with Crippen LogP contribution < -0.4 is 4.90 Å². The Bertz CT molecular complexity index is 577. The molecule has 1 amide bonds. The number of rotatable bonds is 1. The third-order valence-electron chi connectivity index (χ3n) is 2.84. The fraction of sp³-hybridized carbons (Fsp3) is 0.250. The molecular formula is C12H11N3O2. The molecule has 0 N–H and O–H groups in total. The average Bonchev–Trinajstić information content (AvgIpc) is 2.94. The quantitative estimate of drug-likeness (QED) is 0.745. The van der Waals surface area contributed by atoms with Gasteiger partial charge in [-0.05, 0) is 18.1 Å². The van der Waals surface area contributed by atoms with Gasteiger partial charge in [0.25, 0.3) is 0 Å². The minimum Gasteiger partial charge on any atom is -0.417 e. The van der Waals surface area contributed by atoms with E-state index >= 15 is 0 Å². The van der Waals surface area contributed by atoms with Crippen molar-refractivity contribution in [3.63, 3.8) is 0 Å². The maximum atomic E-state index is 12.2. The van der Waals surface area contributed by atoms with E-state index in [1.165, 1.54) is 5.56 Å². The van der Waals surface area contributed by atoms with Crippen LogP contribution in [0.25, 0.3) is 0 Å². The molecular weight excluding hydrogens is 218 g/mol. The van der Waals surface area contributed by atoms with Gasteiger partial charge in [0, 0.05) is 19.2 Å². The molecule has 17 heavy (non-hydrogen) atoms. The van der Waals surface area contributed by atoms with Crippen molar-refractivity contribution in [1.29, 1.82) is 0 Å². The number of carbonyl (C=O) groups excluding carboxylic acids is 1. The third-order valence-corrected chi connectivity index (χ3v) is 2.84. The number of nitrogens with zero attached hydrogens (tertiary/aromatic N) is 3. The van der Waals surface area contributed by atoms with E-state index in [0.717, 1.165) is 12.1 Å². The fourth-order valence-electron chi connectivity index (χ4n) is 2.05. The van der Waals surface area contributed by atoms with E-state index in [1.54, 1.807) is 11.8 Å². The highest BCUT2D eigenvalue weighted by atomic mass is 16.4. The smallest absolute Gasteiger partial charge is 0.315 e. The van der Waals surface area contributed by atoms with Crippen molar-refractivity contribution in [1.82, 2.24) is 10.2 Å². The predicted octanol–water partition coefficient (Wildman–Crippen LogP) is 1.58. The molecule has 0 atom stereocenters. The molecule has 1 aromatic heterocycles. The van der Waals surface area contributed by atoms with Gasteiger partial charge in [0.1, 0.15) is 0 Å². The lowest BCUT2D eigenvalue weighted by Crippen LogP contribution is -2.29. The fourth-order valence-corrected chi connectivity index (χ4v) is 2.05. The van der Waals surface area contributed by atoms with E-state index in [2.05, 4.69) is 10.2 Å². The molecule has 86 valence electrons. The van der Waals surface area contributed by atoms with Gasteiger partial charge in [-0.15, -0.1) is 10.2 Å². The number of carbonyl (C=O) groups is 1. The van der Waals surface area contributed by atoms with Gasteiger partial charge in [0.2, 0.25) is 5.89 Å². The van der Waals surface area contributed by atoms with Crippen LogP contribution in [-0.2, 0) is 6.42 Å². The molecule has 2 heterocycles. The Morgan fingerprint density at radius 1 is 1.35 bits per heavy atom. The van der Waals surface area contributed by atoms with Crippen LogP contribution in [0, 0.1) is 6.92 Å². The first kappa shape index (κ1) is 10.0. The average molecular weight is 229 g/mol. The van der Waals surface area contributed by atoms with Crippen molar-refractivity contribution in [3.8, 4) is 0 Å². The first-order valence-electron chi connectivity index (χ1n) is 5.45. The normalized spacial score (nSPS) is 13.8. The minimum atomic E-state index is -0.226. The maximum Gasteiger partial charge on any atom is 0.315 e. The number of fused-ring (bicyclic) bond motifs is 1. The summed E-state index contributed by atoms with van der Waals surface area (Å²) in [6, 6.07) is 7.86. The molecule has 0 aliphatic carbocycles. The lowest BCUT2D eigenvalue weighted by Gasteiger charge is -2.14. The summed E-state index contributed by atoms with van der Waals surface area (Å²) in [7, 11) is 0. The Morgan fingerprint density at radius 2 is 2.18 bits per heavy atom. The Hall–Kier alpha value is -2.17. The Balaban J connectivity index is 1.95. The van der Waals surface area contributed by atoms with Crippen molar-refractivity contribution < 1.29 is 9.21 Å². The van der Waals surface area contributed by atoms with Crippen molar-refractivity contribution in [3.05, 3.63) is 41.6 Å². The summed E-state index contributed by atoms with van der Waals surface area (Å²) in [6.07, 6.45) is 0.870. The molecule has 3 rings (SSSR count). The molecule has 1 aliphatic heterocycles. The summed E-state index contributed by atoms with van der Waals surface area (Å²) in [4.78, 5) is 13.8. The molecule has 5 nitrogen and oxygen atoms in total. The number of hydrogen-bond donors (Lipinski definition) is 0. The summed E-state index contributed by atoms with van der Waals surface area (Å²) >= 11 is 0. The molecule has 0 spiro atoms. The van der Waals surface area contributed by atoms with Crippen LogP contribution in [-0.4, -0.2) is 22.6 Å². The molecule has 0 fully saturated rings. The first-order valence-corrected chi connectivity index (χ1v) is 5.45. The highest BCUT2D eigenvalue weighted by Crippen LogP contribution is 2.28. The summed E-state index contributed by atoms with van der Waals surface area (Å²) in [5.41, 5.74) is 2.12. The van der Waals surface area contributed by atoms with Gasteiger partial charge in [0.05, 0.1) is 0 Å². The van der Waals surface area contributed by atoms with Gasteiger partial charge in [0.15, 0.2) is 0 Å². The largest absolute Gasteiger partial charge is 0.417 e. The molecule has 0 saturated heterocycles. The highest BCUT2D eigenvalue weighted by Gasteiger charge is 2.28. The molecule has 1 aliphatic rings. The van der Waals surface area contributed by atoms with E-state index in [4.69, 9.17) is 4.42 Å². The number of benzene rings is 1. The summed E-state index contributed by atoms with van der Waals surface area (Å²) in [5.74, 6) is 0.232. The van der Waals surface area contributed by atoms with E-state index in [-0.39, 0.29) is 11.8 Å². The summed E-state index contributed by atoms with van der Waals surface area (Å²) in [5, 5.41) is 7.43. The topological polar surface area (TPSA) is 59.2 Å². The second-order valence-electron chi connectivity index (χ2n) is 3.96. The zero-order valence-electron chi connectivity index (χ0n) is 9.38. The van der Waals surface area contributed by atoms with Crippen LogP contribution in [0.5, 0.6) is 0 Å². The number of hydrogen-bond acceptors (Lipinski definition) is 4. The second-order valence-corrected chi connectivity index (χ2v) is 3.96. The Kier molecular flexibility index (Phi) is 2.18. The number of para-hydroxylation sites is 1. The molecule has 0 bridgehead atoms. The number of anilines is 1. The van der Waals surface area contributed by atoms with E-state index in [9.17, 15) is 4.79 Å². The van der Waals surface area contributed by atoms with E-state index in [0.29, 0.717) is 12.4 Å². The van der Waals surface area contributed by atoms with Gasteiger partial charge >= 0.3 is 11.8 Å². The maximum absolute atomic E-state index is 12.2. The lowest BCUT2D eigenvalue weighted by atomic mass is 10.2. The first-order chi connectivity index (χ1) is 8.25. The van der Waals surface area contributed by atoms with E-state index < -0.39 is 0 Å². The predicted molar refractivity (Wildman–Crippen MR) is 60.9 cm³/mol. The van der Waals surface area contributed by atoms with Gasteiger partial charge in [-0.25, -0.2) is 0 Å². The number of amides is 1. The molecule has 1 aromatic carbocycles. The van der Waals surface area contributed by atoms with Crippen LogP contribution in [0.4, 0.5) is 5.69 Å². The Labute approximate surface area is 98.1 Å². The van der Waals surface area contributed by atoms with Crippen molar-refractivity contribution >= 4 is 11.6 Å². The van der Waals surface area contributed by atoms with Crippen molar-refractivity contribution in [2.24, 2.45) is 0 Å². The van der Waals surface area contributed by atoms with Crippen LogP contribution in [0.2, 0.25) is 0 Å². The number of aromatic nitrogens is 2. The minimum absolute atomic E-state index is 0.0548.